The SMILES string of the molecule is C=C(C(=O)CC(=O)OCC)c1ccc(Cl)cc1C.Clc1ccccc1. The van der Waals surface area contributed by atoms with Crippen molar-refractivity contribution in [1.29, 1.82) is 0 Å². The van der Waals surface area contributed by atoms with Crippen molar-refractivity contribution in [2.45, 2.75) is 20.3 Å². The molecule has 0 aliphatic carbocycles. The maximum atomic E-state index is 11.8. The van der Waals surface area contributed by atoms with Crippen LogP contribution in [0.3, 0.4) is 0 Å². The third-order valence-electron chi connectivity index (χ3n) is 3.19. The van der Waals surface area contributed by atoms with Crippen LogP contribution in [0.25, 0.3) is 5.57 Å². The first kappa shape index (κ1) is 20.9. The van der Waals surface area contributed by atoms with Crippen LogP contribution >= 0.6 is 23.2 Å². The molecule has 0 aliphatic rings. The normalized spacial score (nSPS) is 9.60. The predicted octanol–water partition coefficient (Wildman–Crippen LogP) is 5.52. The van der Waals surface area contributed by atoms with Crippen molar-refractivity contribution >= 4 is 40.5 Å². The Morgan fingerprint density at radius 2 is 1.68 bits per heavy atom. The van der Waals surface area contributed by atoms with Crippen LogP contribution in [0.1, 0.15) is 24.5 Å². The lowest BCUT2D eigenvalue weighted by Crippen LogP contribution is -2.12. The molecule has 0 spiro atoms. The molecule has 0 saturated carbocycles. The van der Waals surface area contributed by atoms with Gasteiger partial charge in [-0.05, 0) is 49.2 Å². The van der Waals surface area contributed by atoms with E-state index in [2.05, 4.69) is 6.58 Å². The zero-order chi connectivity index (χ0) is 18.8. The summed E-state index contributed by atoms with van der Waals surface area (Å²) in [7, 11) is 0. The first-order valence-corrected chi connectivity index (χ1v) is 8.45. The summed E-state index contributed by atoms with van der Waals surface area (Å²) >= 11 is 11.4. The number of ether oxygens (including phenoxy) is 1. The van der Waals surface area contributed by atoms with E-state index in [9.17, 15) is 9.59 Å². The summed E-state index contributed by atoms with van der Waals surface area (Å²) in [6, 6.07) is 14.6. The zero-order valence-corrected chi connectivity index (χ0v) is 15.7. The van der Waals surface area contributed by atoms with E-state index in [0.29, 0.717) is 16.2 Å². The Kier molecular flexibility index (Phi) is 8.96. The highest BCUT2D eigenvalue weighted by atomic mass is 35.5. The Balaban J connectivity index is 0.000000370. The first-order chi connectivity index (χ1) is 11.8. The molecule has 0 atom stereocenters. The Morgan fingerprint density at radius 1 is 1.04 bits per heavy atom. The number of aryl methyl sites for hydroxylation is 1. The summed E-state index contributed by atoms with van der Waals surface area (Å²) in [6.45, 7) is 7.52. The number of halogens is 2. The fraction of sp³-hybridized carbons (Fsp3) is 0.200. The number of carbonyl (C=O) groups is 2. The largest absolute Gasteiger partial charge is 0.466 e. The molecule has 0 radical (unpaired) electrons. The lowest BCUT2D eigenvalue weighted by Gasteiger charge is -2.08. The summed E-state index contributed by atoms with van der Waals surface area (Å²) < 4.78 is 4.73. The van der Waals surface area contributed by atoms with Crippen molar-refractivity contribution < 1.29 is 14.3 Å². The van der Waals surface area contributed by atoms with E-state index < -0.39 is 5.97 Å². The van der Waals surface area contributed by atoms with Gasteiger partial charge in [-0.1, -0.05) is 54.0 Å². The first-order valence-electron chi connectivity index (χ1n) is 7.70. The molecule has 132 valence electrons. The maximum Gasteiger partial charge on any atom is 0.313 e. The second kappa shape index (κ2) is 10.7. The highest BCUT2D eigenvalue weighted by molar-refractivity contribution is 6.31. The topological polar surface area (TPSA) is 43.4 Å². The van der Waals surface area contributed by atoms with Gasteiger partial charge in [0, 0.05) is 15.6 Å². The number of hydrogen-bond acceptors (Lipinski definition) is 3. The Morgan fingerprint density at radius 3 is 2.16 bits per heavy atom. The van der Waals surface area contributed by atoms with Crippen LogP contribution in [0, 0.1) is 6.92 Å². The minimum Gasteiger partial charge on any atom is -0.466 e. The minimum absolute atomic E-state index is 0.262. The van der Waals surface area contributed by atoms with Crippen molar-refractivity contribution in [3.63, 3.8) is 0 Å². The molecule has 0 fully saturated rings. The lowest BCUT2D eigenvalue weighted by molar-refractivity contribution is -0.144. The molecule has 0 unspecified atom stereocenters. The van der Waals surface area contributed by atoms with Gasteiger partial charge in [-0.2, -0.15) is 0 Å². The fourth-order valence-electron chi connectivity index (χ4n) is 1.98. The second-order valence-corrected chi connectivity index (χ2v) is 6.01. The fourth-order valence-corrected chi connectivity index (χ4v) is 2.35. The van der Waals surface area contributed by atoms with E-state index in [1.165, 1.54) is 0 Å². The number of carbonyl (C=O) groups excluding carboxylic acids is 2. The van der Waals surface area contributed by atoms with Crippen molar-refractivity contribution in [1.82, 2.24) is 0 Å². The molecular weight excluding hydrogens is 359 g/mol. The van der Waals surface area contributed by atoms with E-state index in [1.54, 1.807) is 25.1 Å². The van der Waals surface area contributed by atoms with Crippen molar-refractivity contribution in [2.24, 2.45) is 0 Å². The van der Waals surface area contributed by atoms with Gasteiger partial charge in [0.25, 0.3) is 0 Å². The summed E-state index contributed by atoms with van der Waals surface area (Å²) in [5.41, 5.74) is 1.86. The molecule has 0 aromatic heterocycles. The summed E-state index contributed by atoms with van der Waals surface area (Å²) in [5, 5.41) is 1.39. The third kappa shape index (κ3) is 7.55. The molecule has 0 heterocycles. The van der Waals surface area contributed by atoms with Crippen molar-refractivity contribution in [3.8, 4) is 0 Å². The van der Waals surface area contributed by atoms with Gasteiger partial charge in [0.2, 0.25) is 0 Å². The molecule has 0 saturated heterocycles. The minimum atomic E-state index is -0.532. The van der Waals surface area contributed by atoms with E-state index >= 15 is 0 Å². The Hall–Kier alpha value is -2.10. The number of ketones is 1. The van der Waals surface area contributed by atoms with Gasteiger partial charge in [0.05, 0.1) is 6.61 Å². The summed E-state index contributed by atoms with van der Waals surface area (Å²) in [6.07, 6.45) is -0.283. The average molecular weight is 379 g/mol. The summed E-state index contributed by atoms with van der Waals surface area (Å²) in [4.78, 5) is 23.1. The van der Waals surface area contributed by atoms with Crippen LogP contribution < -0.4 is 0 Å². The predicted molar refractivity (Wildman–Crippen MR) is 103 cm³/mol. The van der Waals surface area contributed by atoms with Gasteiger partial charge in [0.15, 0.2) is 5.78 Å². The Bertz CT molecular complexity index is 740. The third-order valence-corrected chi connectivity index (χ3v) is 3.68. The zero-order valence-electron chi connectivity index (χ0n) is 14.2. The van der Waals surface area contributed by atoms with E-state index in [1.807, 2.05) is 37.3 Å². The molecule has 2 rings (SSSR count). The lowest BCUT2D eigenvalue weighted by atomic mass is 9.97. The van der Waals surface area contributed by atoms with Crippen LogP contribution in [-0.4, -0.2) is 18.4 Å². The molecule has 25 heavy (non-hydrogen) atoms. The highest BCUT2D eigenvalue weighted by Gasteiger charge is 2.16. The van der Waals surface area contributed by atoms with Crippen LogP contribution in [0.2, 0.25) is 10.0 Å². The molecule has 5 heteroatoms. The quantitative estimate of drug-likeness (QED) is 0.390. The number of Topliss-reactive ketones (excluding diaryl/α,β-unsaturated/α-hetero) is 1. The second-order valence-electron chi connectivity index (χ2n) is 5.14. The van der Waals surface area contributed by atoms with Crippen LogP contribution in [0.5, 0.6) is 0 Å². The number of rotatable bonds is 5. The molecule has 0 bridgehead atoms. The molecule has 0 N–H and O–H groups in total. The molecule has 0 aliphatic heterocycles. The highest BCUT2D eigenvalue weighted by Crippen LogP contribution is 2.22. The van der Waals surface area contributed by atoms with Gasteiger partial charge in [-0.15, -0.1) is 0 Å². The van der Waals surface area contributed by atoms with Crippen molar-refractivity contribution in [2.75, 3.05) is 6.61 Å². The monoisotopic (exact) mass is 378 g/mol. The van der Waals surface area contributed by atoms with Crippen LogP contribution in [0.4, 0.5) is 0 Å². The molecule has 2 aromatic rings. The van der Waals surface area contributed by atoms with E-state index in [0.717, 1.165) is 10.6 Å². The number of allylic oxidation sites excluding steroid dienone is 1. The standard InChI is InChI=1S/C14H15ClO3.C6H5Cl/c1-4-18-14(17)8-13(16)10(3)12-6-5-11(15)7-9(12)2;7-6-4-2-1-3-5-6/h5-7H,3-4,8H2,1-2H3;1-5H. The molecule has 0 amide bonds. The molecule has 2 aromatic carbocycles. The summed E-state index contributed by atoms with van der Waals surface area (Å²) in [5.74, 6) is -0.867. The van der Waals surface area contributed by atoms with Gasteiger partial charge in [-0.25, -0.2) is 0 Å². The average Bonchev–Trinajstić information content (AvgIpc) is 2.55. The van der Waals surface area contributed by atoms with Crippen molar-refractivity contribution in [3.05, 3.63) is 76.3 Å². The van der Waals surface area contributed by atoms with Gasteiger partial charge >= 0.3 is 5.97 Å². The van der Waals surface area contributed by atoms with E-state index in [4.69, 9.17) is 27.9 Å². The van der Waals surface area contributed by atoms with Gasteiger partial charge < -0.3 is 4.74 Å². The number of esters is 1. The molecular formula is C20H20Cl2O3. The smallest absolute Gasteiger partial charge is 0.313 e. The molecule has 3 nitrogen and oxygen atoms in total. The maximum absolute atomic E-state index is 11.8. The van der Waals surface area contributed by atoms with Crippen LogP contribution in [0.15, 0.2) is 55.1 Å². The van der Waals surface area contributed by atoms with E-state index in [-0.39, 0.29) is 18.8 Å². The Labute approximate surface area is 158 Å². The van der Waals surface area contributed by atoms with Crippen LogP contribution in [-0.2, 0) is 14.3 Å². The van der Waals surface area contributed by atoms with Gasteiger partial charge in [-0.3, -0.25) is 9.59 Å². The number of hydrogen-bond donors (Lipinski definition) is 0. The number of benzene rings is 2. The van der Waals surface area contributed by atoms with Gasteiger partial charge in [0.1, 0.15) is 6.42 Å².